The fourth-order valence-electron chi connectivity index (χ4n) is 2.24. The average Bonchev–Trinajstić information content (AvgIpc) is 2.87. The van der Waals surface area contributed by atoms with Gasteiger partial charge in [0.05, 0.1) is 5.69 Å². The number of halogens is 1. The van der Waals surface area contributed by atoms with E-state index in [1.54, 1.807) is 26.2 Å². The van der Waals surface area contributed by atoms with Gasteiger partial charge in [0.25, 0.3) is 0 Å². The lowest BCUT2D eigenvalue weighted by Gasteiger charge is -2.36. The maximum atomic E-state index is 15.0. The topological polar surface area (TPSA) is 71.9 Å². The van der Waals surface area contributed by atoms with Crippen molar-refractivity contribution >= 4 is 17.4 Å². The number of amides is 1. The van der Waals surface area contributed by atoms with Crippen molar-refractivity contribution < 1.29 is 13.9 Å². The first-order valence-corrected chi connectivity index (χ1v) is 8.02. The molecule has 1 aliphatic rings. The highest BCUT2D eigenvalue weighted by Gasteiger charge is 2.40. The van der Waals surface area contributed by atoms with E-state index in [1.807, 2.05) is 0 Å². The highest BCUT2D eigenvalue weighted by Crippen LogP contribution is 2.38. The summed E-state index contributed by atoms with van der Waals surface area (Å²) in [4.78, 5) is 27.9. The minimum Gasteiger partial charge on any atom is -0.444 e. The molecule has 1 saturated heterocycles. The Morgan fingerprint density at radius 3 is 2.68 bits per heavy atom. The Kier molecular flexibility index (Phi) is 4.79. The molecule has 1 amide bonds. The number of carbonyl (C=O) groups excluding carboxylic acids is 1. The highest BCUT2D eigenvalue weighted by molar-refractivity contribution is 7.09. The fourth-order valence-corrected chi connectivity index (χ4v) is 3.20. The van der Waals surface area contributed by atoms with E-state index in [-0.39, 0.29) is 32.5 Å². The van der Waals surface area contributed by atoms with E-state index in [9.17, 15) is 14.1 Å². The minimum absolute atomic E-state index is 0.0450. The van der Waals surface area contributed by atoms with Crippen molar-refractivity contribution in [2.75, 3.05) is 13.1 Å². The van der Waals surface area contributed by atoms with Crippen LogP contribution in [-0.4, -0.2) is 34.7 Å². The first-order valence-electron chi connectivity index (χ1n) is 7.14. The molecule has 0 atom stereocenters. The first kappa shape index (κ1) is 16.8. The second-order valence-corrected chi connectivity index (χ2v) is 7.22. The molecule has 1 aromatic rings. The van der Waals surface area contributed by atoms with Gasteiger partial charge in [-0.2, -0.15) is 4.91 Å². The molecule has 2 rings (SSSR count). The van der Waals surface area contributed by atoms with Crippen molar-refractivity contribution in [1.82, 2.24) is 9.88 Å². The van der Waals surface area contributed by atoms with E-state index in [2.05, 4.69) is 10.2 Å². The molecule has 6 nitrogen and oxygen atoms in total. The van der Waals surface area contributed by atoms with E-state index in [1.165, 1.54) is 16.2 Å². The molecule has 8 heteroatoms. The van der Waals surface area contributed by atoms with Gasteiger partial charge in [0.15, 0.2) is 5.67 Å². The summed E-state index contributed by atoms with van der Waals surface area (Å²) >= 11 is 1.19. The lowest BCUT2D eigenvalue weighted by Crippen LogP contribution is -2.45. The Morgan fingerprint density at radius 1 is 1.50 bits per heavy atom. The summed E-state index contributed by atoms with van der Waals surface area (Å²) in [5.74, 6) is 0. The number of nitrogens with zero attached hydrogens (tertiary/aromatic N) is 3. The molecule has 122 valence electrons. The summed E-state index contributed by atoms with van der Waals surface area (Å²) in [5.41, 5.74) is -1.63. The molecule has 1 aliphatic heterocycles. The van der Waals surface area contributed by atoms with Crippen LogP contribution in [0.5, 0.6) is 0 Å². The molecular formula is C14H20FN3O3S. The van der Waals surface area contributed by atoms with E-state index >= 15 is 0 Å². The van der Waals surface area contributed by atoms with Crippen molar-refractivity contribution in [2.45, 2.75) is 51.4 Å². The monoisotopic (exact) mass is 329 g/mol. The van der Waals surface area contributed by atoms with Gasteiger partial charge >= 0.3 is 6.09 Å². The van der Waals surface area contributed by atoms with E-state index in [4.69, 9.17) is 4.74 Å². The van der Waals surface area contributed by atoms with Crippen molar-refractivity contribution in [3.63, 3.8) is 0 Å². The molecule has 0 saturated carbocycles. The van der Waals surface area contributed by atoms with Crippen molar-refractivity contribution in [3.8, 4) is 0 Å². The number of thiazole rings is 1. The molecule has 2 heterocycles. The van der Waals surface area contributed by atoms with Crippen LogP contribution in [0.25, 0.3) is 0 Å². The Labute approximate surface area is 132 Å². The van der Waals surface area contributed by atoms with Gasteiger partial charge in [0.1, 0.15) is 17.2 Å². The SMILES string of the molecule is CC(C)(C)OC(=O)N1CCC(F)(c2nc(CN=O)cs2)CC1. The first-order chi connectivity index (χ1) is 10.2. The third kappa shape index (κ3) is 4.00. The molecule has 0 unspecified atom stereocenters. The van der Waals surface area contributed by atoms with Crippen LogP contribution < -0.4 is 0 Å². The number of rotatable bonds is 3. The number of carbonyl (C=O) groups is 1. The van der Waals surface area contributed by atoms with E-state index in [0.717, 1.165) is 0 Å². The Bertz CT molecular complexity index is 548. The zero-order chi connectivity index (χ0) is 16.4. The Balaban J connectivity index is 1.97. The lowest BCUT2D eigenvalue weighted by molar-refractivity contribution is 0.00213. The molecule has 0 aliphatic carbocycles. The third-order valence-corrected chi connectivity index (χ3v) is 4.44. The molecule has 0 aromatic carbocycles. The summed E-state index contributed by atoms with van der Waals surface area (Å²) in [7, 11) is 0. The van der Waals surface area contributed by atoms with Gasteiger partial charge in [-0.05, 0) is 20.8 Å². The van der Waals surface area contributed by atoms with Crippen LogP contribution in [-0.2, 0) is 17.0 Å². The average molecular weight is 329 g/mol. The molecule has 1 fully saturated rings. The minimum atomic E-state index is -1.55. The summed E-state index contributed by atoms with van der Waals surface area (Å²) in [6.07, 6.45) is -0.0685. The van der Waals surface area contributed by atoms with Crippen LogP contribution in [0, 0.1) is 4.91 Å². The summed E-state index contributed by atoms with van der Waals surface area (Å²) < 4.78 is 20.3. The summed E-state index contributed by atoms with van der Waals surface area (Å²) in [6, 6.07) is 0. The van der Waals surface area contributed by atoms with Crippen LogP contribution in [0.2, 0.25) is 0 Å². The summed E-state index contributed by atoms with van der Waals surface area (Å²) in [5, 5.41) is 4.77. The predicted molar refractivity (Wildman–Crippen MR) is 81.4 cm³/mol. The standard InChI is InChI=1S/C14H20FN3O3S/c1-13(2,3)21-12(19)18-6-4-14(15,5-7-18)11-17-10(8-16-20)9-22-11/h9H,4-8H2,1-3H3. The number of aromatic nitrogens is 1. The Hall–Kier alpha value is -1.57. The highest BCUT2D eigenvalue weighted by atomic mass is 32.1. The number of likely N-dealkylation sites (tertiary alicyclic amines) is 1. The largest absolute Gasteiger partial charge is 0.444 e. The smallest absolute Gasteiger partial charge is 0.410 e. The number of hydrogen-bond donors (Lipinski definition) is 0. The Morgan fingerprint density at radius 2 is 2.14 bits per heavy atom. The normalized spacial score (nSPS) is 18.1. The number of piperidine rings is 1. The molecule has 22 heavy (non-hydrogen) atoms. The van der Waals surface area contributed by atoms with Gasteiger partial charge in [0, 0.05) is 31.3 Å². The van der Waals surface area contributed by atoms with Crippen LogP contribution >= 0.6 is 11.3 Å². The van der Waals surface area contributed by atoms with Gasteiger partial charge < -0.3 is 9.64 Å². The van der Waals surface area contributed by atoms with E-state index < -0.39 is 17.4 Å². The number of hydrogen-bond acceptors (Lipinski definition) is 6. The van der Waals surface area contributed by atoms with Crippen LogP contribution in [0.3, 0.4) is 0 Å². The van der Waals surface area contributed by atoms with Gasteiger partial charge in [0.2, 0.25) is 0 Å². The fraction of sp³-hybridized carbons (Fsp3) is 0.714. The van der Waals surface area contributed by atoms with Crippen molar-refractivity contribution in [3.05, 3.63) is 21.0 Å². The molecule has 0 spiro atoms. The lowest BCUT2D eigenvalue weighted by atomic mass is 9.94. The molecule has 0 radical (unpaired) electrons. The van der Waals surface area contributed by atoms with Gasteiger partial charge in [-0.1, -0.05) is 5.18 Å². The van der Waals surface area contributed by atoms with Crippen molar-refractivity contribution in [2.24, 2.45) is 5.18 Å². The summed E-state index contributed by atoms with van der Waals surface area (Å²) in [6.45, 7) is 5.92. The quantitative estimate of drug-likeness (QED) is 0.794. The van der Waals surface area contributed by atoms with Gasteiger partial charge in [-0.15, -0.1) is 11.3 Å². The van der Waals surface area contributed by atoms with Crippen LogP contribution in [0.4, 0.5) is 9.18 Å². The number of ether oxygens (including phenoxy) is 1. The zero-order valence-electron chi connectivity index (χ0n) is 13.0. The second-order valence-electron chi connectivity index (χ2n) is 6.36. The van der Waals surface area contributed by atoms with Gasteiger partial charge in [-0.3, -0.25) is 0 Å². The maximum absolute atomic E-state index is 15.0. The number of nitroso groups, excluding NO2 is 1. The molecule has 0 bridgehead atoms. The second kappa shape index (κ2) is 6.28. The van der Waals surface area contributed by atoms with Crippen molar-refractivity contribution in [1.29, 1.82) is 0 Å². The van der Waals surface area contributed by atoms with Crippen LogP contribution in [0.1, 0.15) is 44.3 Å². The predicted octanol–water partition coefficient (Wildman–Crippen LogP) is 3.61. The molecule has 1 aromatic heterocycles. The number of alkyl halides is 1. The zero-order valence-corrected chi connectivity index (χ0v) is 13.8. The third-order valence-electron chi connectivity index (χ3n) is 3.37. The molecular weight excluding hydrogens is 309 g/mol. The van der Waals surface area contributed by atoms with Gasteiger partial charge in [-0.25, -0.2) is 14.2 Å². The molecule has 0 N–H and O–H groups in total. The van der Waals surface area contributed by atoms with Crippen LogP contribution in [0.15, 0.2) is 10.6 Å². The van der Waals surface area contributed by atoms with E-state index in [0.29, 0.717) is 10.7 Å². The maximum Gasteiger partial charge on any atom is 0.410 e.